The van der Waals surface area contributed by atoms with Crippen molar-refractivity contribution in [2.24, 2.45) is 5.73 Å². The van der Waals surface area contributed by atoms with E-state index >= 15 is 0 Å². The van der Waals surface area contributed by atoms with Gasteiger partial charge in [0.15, 0.2) is 0 Å². The van der Waals surface area contributed by atoms with Gasteiger partial charge in [0.1, 0.15) is 11.9 Å². The van der Waals surface area contributed by atoms with Crippen LogP contribution in [0.4, 0.5) is 5.69 Å². The first kappa shape index (κ1) is 14.1. The average Bonchev–Trinajstić information content (AvgIpc) is 2.43. The molecule has 0 saturated carbocycles. The van der Waals surface area contributed by atoms with E-state index in [0.717, 1.165) is 37.4 Å². The quantitative estimate of drug-likeness (QED) is 0.672. The summed E-state index contributed by atoms with van der Waals surface area (Å²) in [7, 11) is 0. The van der Waals surface area contributed by atoms with E-state index in [2.05, 4.69) is 4.90 Å². The van der Waals surface area contributed by atoms with Crippen LogP contribution in [0.3, 0.4) is 0 Å². The molecule has 1 heterocycles. The minimum atomic E-state index is -0.422. The van der Waals surface area contributed by atoms with Gasteiger partial charge in [-0.05, 0) is 37.1 Å². The summed E-state index contributed by atoms with van der Waals surface area (Å²) in [6, 6.07) is 7.50. The zero-order chi connectivity index (χ0) is 13.7. The Kier molecular flexibility index (Phi) is 5.01. The predicted molar refractivity (Wildman–Crippen MR) is 76.0 cm³/mol. The highest BCUT2D eigenvalue weighted by atomic mass is 16.5. The van der Waals surface area contributed by atoms with Crippen LogP contribution in [0.15, 0.2) is 24.3 Å². The first-order valence-electron chi connectivity index (χ1n) is 6.80. The number of nitrogen functional groups attached to an aromatic ring is 1. The van der Waals surface area contributed by atoms with Crippen molar-refractivity contribution >= 4 is 5.69 Å². The summed E-state index contributed by atoms with van der Waals surface area (Å²) in [5.41, 5.74) is 11.8. The molecule has 1 fully saturated rings. The smallest absolute Gasteiger partial charge is 0.119 e. The highest BCUT2D eigenvalue weighted by Crippen LogP contribution is 2.20. The number of nitrogens with zero attached hydrogens (tertiary/aromatic N) is 1. The maximum absolute atomic E-state index is 9.53. The Morgan fingerprint density at radius 1 is 1.26 bits per heavy atom. The Morgan fingerprint density at radius 2 is 1.89 bits per heavy atom. The molecule has 1 atom stereocenters. The number of rotatable bonds is 5. The van der Waals surface area contributed by atoms with E-state index in [0.29, 0.717) is 13.1 Å². The number of aliphatic hydroxyl groups excluding tert-OH is 1. The van der Waals surface area contributed by atoms with Gasteiger partial charge in [-0.25, -0.2) is 0 Å². The van der Waals surface area contributed by atoms with Crippen LogP contribution in [-0.2, 0) is 0 Å². The summed E-state index contributed by atoms with van der Waals surface area (Å²) in [5, 5.41) is 9.53. The monoisotopic (exact) mass is 265 g/mol. The van der Waals surface area contributed by atoms with Crippen LogP contribution in [0.2, 0.25) is 0 Å². The fraction of sp³-hybridized carbons (Fsp3) is 0.571. The predicted octanol–water partition coefficient (Wildman–Crippen LogP) is 0.432. The third-order valence-electron chi connectivity index (χ3n) is 3.46. The molecule has 0 bridgehead atoms. The van der Waals surface area contributed by atoms with Crippen LogP contribution in [0, 0.1) is 0 Å². The van der Waals surface area contributed by atoms with Gasteiger partial charge in [0.25, 0.3) is 0 Å². The van der Waals surface area contributed by atoms with E-state index < -0.39 is 6.10 Å². The summed E-state index contributed by atoms with van der Waals surface area (Å²) in [6.45, 7) is 2.86. The molecular formula is C14H23N3O2. The molecule has 1 aliphatic heterocycles. The summed E-state index contributed by atoms with van der Waals surface area (Å²) in [6.07, 6.45) is 1.77. The molecule has 5 nitrogen and oxygen atoms in total. The lowest BCUT2D eigenvalue weighted by Crippen LogP contribution is -2.43. The van der Waals surface area contributed by atoms with Crippen molar-refractivity contribution in [3.63, 3.8) is 0 Å². The summed E-state index contributed by atoms with van der Waals surface area (Å²) in [5.74, 6) is 0.870. The molecule has 0 amide bonds. The highest BCUT2D eigenvalue weighted by molar-refractivity contribution is 5.41. The van der Waals surface area contributed by atoms with Gasteiger partial charge in [-0.1, -0.05) is 0 Å². The number of benzene rings is 1. The third-order valence-corrected chi connectivity index (χ3v) is 3.46. The van der Waals surface area contributed by atoms with Crippen molar-refractivity contribution < 1.29 is 9.84 Å². The van der Waals surface area contributed by atoms with Crippen molar-refractivity contribution in [3.05, 3.63) is 24.3 Å². The Hall–Kier alpha value is -1.30. The van der Waals surface area contributed by atoms with Crippen molar-refractivity contribution in [2.75, 3.05) is 31.9 Å². The Morgan fingerprint density at radius 3 is 2.47 bits per heavy atom. The van der Waals surface area contributed by atoms with E-state index in [4.69, 9.17) is 16.2 Å². The number of ether oxygens (including phenoxy) is 1. The van der Waals surface area contributed by atoms with E-state index in [9.17, 15) is 5.11 Å². The molecule has 0 aliphatic carbocycles. The Labute approximate surface area is 114 Å². The first-order chi connectivity index (χ1) is 9.17. The average molecular weight is 265 g/mol. The van der Waals surface area contributed by atoms with Crippen molar-refractivity contribution in [3.8, 4) is 5.75 Å². The van der Waals surface area contributed by atoms with E-state index in [-0.39, 0.29) is 6.10 Å². The summed E-state index contributed by atoms with van der Waals surface area (Å²) < 4.78 is 5.92. The van der Waals surface area contributed by atoms with Crippen LogP contribution in [0.1, 0.15) is 12.8 Å². The number of aliphatic hydroxyl groups is 1. The molecule has 1 aromatic carbocycles. The van der Waals surface area contributed by atoms with Crippen LogP contribution in [-0.4, -0.2) is 48.4 Å². The summed E-state index contributed by atoms with van der Waals surface area (Å²) in [4.78, 5) is 2.24. The summed E-state index contributed by atoms with van der Waals surface area (Å²) >= 11 is 0. The molecule has 0 spiro atoms. The molecule has 0 radical (unpaired) electrons. The number of hydrogen-bond donors (Lipinski definition) is 3. The van der Waals surface area contributed by atoms with Crippen LogP contribution in [0.25, 0.3) is 0 Å². The van der Waals surface area contributed by atoms with Crippen molar-refractivity contribution in [1.29, 1.82) is 0 Å². The Balaban J connectivity index is 1.75. The fourth-order valence-electron chi connectivity index (χ4n) is 2.32. The molecule has 0 aromatic heterocycles. The number of β-amino-alcohol motifs (C(OH)–C–C–N with tert-alkyl or cyclic N) is 1. The molecule has 0 unspecified atom stereocenters. The van der Waals surface area contributed by atoms with Gasteiger partial charge in [0.05, 0.1) is 6.10 Å². The topological polar surface area (TPSA) is 84.7 Å². The second kappa shape index (κ2) is 6.75. The van der Waals surface area contributed by atoms with Gasteiger partial charge in [-0.3, -0.25) is 0 Å². The zero-order valence-corrected chi connectivity index (χ0v) is 11.2. The van der Waals surface area contributed by atoms with E-state index in [1.54, 1.807) is 0 Å². The molecule has 2 rings (SSSR count). The van der Waals surface area contributed by atoms with Gasteiger partial charge in [-0.15, -0.1) is 0 Å². The highest BCUT2D eigenvalue weighted by Gasteiger charge is 2.21. The Bertz CT molecular complexity index is 375. The maximum Gasteiger partial charge on any atom is 0.119 e. The van der Waals surface area contributed by atoms with Crippen LogP contribution in [0.5, 0.6) is 5.75 Å². The number of hydrogen-bond acceptors (Lipinski definition) is 5. The molecular weight excluding hydrogens is 242 g/mol. The van der Waals surface area contributed by atoms with Gasteiger partial charge < -0.3 is 26.2 Å². The number of piperidine rings is 1. The normalized spacial score (nSPS) is 19.3. The first-order valence-corrected chi connectivity index (χ1v) is 6.80. The van der Waals surface area contributed by atoms with Crippen molar-refractivity contribution in [1.82, 2.24) is 4.90 Å². The SMILES string of the molecule is NC[C@@H](O)CN1CCC(Oc2ccc(N)cc2)CC1. The second-order valence-electron chi connectivity index (χ2n) is 5.08. The second-order valence-corrected chi connectivity index (χ2v) is 5.08. The number of anilines is 1. The number of nitrogens with two attached hydrogens (primary N) is 2. The van der Waals surface area contributed by atoms with Crippen LogP contribution < -0.4 is 16.2 Å². The molecule has 19 heavy (non-hydrogen) atoms. The maximum atomic E-state index is 9.53. The van der Waals surface area contributed by atoms with E-state index in [1.165, 1.54) is 0 Å². The van der Waals surface area contributed by atoms with Gasteiger partial charge >= 0.3 is 0 Å². The van der Waals surface area contributed by atoms with Gasteiger partial charge in [0, 0.05) is 31.9 Å². The molecule has 1 saturated heterocycles. The molecule has 106 valence electrons. The lowest BCUT2D eigenvalue weighted by Gasteiger charge is -2.33. The van der Waals surface area contributed by atoms with Crippen LogP contribution >= 0.6 is 0 Å². The minimum absolute atomic E-state index is 0.245. The molecule has 5 heteroatoms. The van der Waals surface area contributed by atoms with Crippen molar-refractivity contribution in [2.45, 2.75) is 25.0 Å². The molecule has 1 aliphatic rings. The fourth-order valence-corrected chi connectivity index (χ4v) is 2.32. The largest absolute Gasteiger partial charge is 0.490 e. The molecule has 1 aromatic rings. The lowest BCUT2D eigenvalue weighted by atomic mass is 10.1. The lowest BCUT2D eigenvalue weighted by molar-refractivity contribution is 0.0641. The zero-order valence-electron chi connectivity index (χ0n) is 11.2. The van der Waals surface area contributed by atoms with Gasteiger partial charge in [-0.2, -0.15) is 0 Å². The number of likely N-dealkylation sites (tertiary alicyclic amines) is 1. The van der Waals surface area contributed by atoms with E-state index in [1.807, 2.05) is 24.3 Å². The standard InChI is InChI=1S/C14H23N3O2/c15-9-12(18)10-17-7-5-14(6-8-17)19-13-3-1-11(16)2-4-13/h1-4,12,14,18H,5-10,15-16H2/t12-/m1/s1. The minimum Gasteiger partial charge on any atom is -0.490 e. The molecule has 5 N–H and O–H groups in total. The van der Waals surface area contributed by atoms with Gasteiger partial charge in [0.2, 0.25) is 0 Å². The third kappa shape index (κ3) is 4.38.